The minimum Gasteiger partial charge on any atom is -0.361 e. The molecule has 1 aromatic heterocycles. The number of H-pyrrole nitrogens is 1. The first-order valence-electron chi connectivity index (χ1n) is 13.8. The van der Waals surface area contributed by atoms with Crippen molar-refractivity contribution in [3.8, 4) is 0 Å². The van der Waals surface area contributed by atoms with Crippen LogP contribution in [-0.2, 0) is 27.2 Å². The summed E-state index contributed by atoms with van der Waals surface area (Å²) >= 11 is 0. The van der Waals surface area contributed by atoms with E-state index in [4.69, 9.17) is 5.73 Å². The van der Waals surface area contributed by atoms with Gasteiger partial charge in [0, 0.05) is 57.8 Å². The third-order valence-electron chi connectivity index (χ3n) is 7.91. The minimum absolute atomic E-state index is 0. The largest absolute Gasteiger partial charge is 0.361 e. The first kappa shape index (κ1) is 38.2. The zero-order valence-corrected chi connectivity index (χ0v) is 27.9. The van der Waals surface area contributed by atoms with Gasteiger partial charge in [-0.2, -0.15) is 0 Å². The van der Waals surface area contributed by atoms with E-state index in [-0.39, 0.29) is 55.6 Å². The summed E-state index contributed by atoms with van der Waals surface area (Å²) in [6, 6.07) is 17.0. The van der Waals surface area contributed by atoms with Gasteiger partial charge in [-0.15, -0.1) is 37.2 Å². The number of amides is 3. The number of aromatic amines is 1. The Labute approximate surface area is 273 Å². The second-order valence-corrected chi connectivity index (χ2v) is 11.8. The maximum Gasteiger partial charge on any atom is 0.245 e. The lowest BCUT2D eigenvalue weighted by atomic mass is 9.74. The highest BCUT2D eigenvalue weighted by atomic mass is 35.5. The van der Waals surface area contributed by atoms with Crippen LogP contribution in [0.3, 0.4) is 0 Å². The van der Waals surface area contributed by atoms with Crippen molar-refractivity contribution in [2.24, 2.45) is 11.1 Å². The minimum atomic E-state index is -1.15. The van der Waals surface area contributed by atoms with Gasteiger partial charge in [0.15, 0.2) is 0 Å². The number of carbonyl (C=O) groups excluding carboxylic acids is 3. The Morgan fingerprint density at radius 3 is 2.28 bits per heavy atom. The number of hydrogen-bond acceptors (Lipinski definition) is 5. The summed E-state index contributed by atoms with van der Waals surface area (Å²) < 4.78 is 0. The molecule has 1 saturated heterocycles. The molecule has 1 aliphatic rings. The highest BCUT2D eigenvalue weighted by Crippen LogP contribution is 2.36. The molecule has 0 aliphatic carbocycles. The molecule has 9 nitrogen and oxygen atoms in total. The van der Waals surface area contributed by atoms with Crippen molar-refractivity contribution in [2.45, 2.75) is 51.1 Å². The summed E-state index contributed by atoms with van der Waals surface area (Å²) in [4.78, 5) is 46.2. The molecule has 2 atom stereocenters. The summed E-state index contributed by atoms with van der Waals surface area (Å²) in [5, 5.41) is 7.32. The van der Waals surface area contributed by atoms with Crippen LogP contribution < -0.4 is 11.1 Å². The molecule has 0 spiro atoms. The second kappa shape index (κ2) is 15.8. The third kappa shape index (κ3) is 8.86. The van der Waals surface area contributed by atoms with Crippen LogP contribution in [0.4, 0.5) is 0 Å². The van der Waals surface area contributed by atoms with Crippen LogP contribution in [0.5, 0.6) is 0 Å². The molecule has 43 heavy (non-hydrogen) atoms. The van der Waals surface area contributed by atoms with Crippen molar-refractivity contribution < 1.29 is 14.4 Å². The lowest BCUT2D eigenvalue weighted by Crippen LogP contribution is -2.61. The van der Waals surface area contributed by atoms with E-state index < -0.39 is 22.9 Å². The molecule has 1 fully saturated rings. The maximum atomic E-state index is 14.2. The summed E-state index contributed by atoms with van der Waals surface area (Å²) in [7, 11) is 5.43. The molecule has 3 amide bonds. The number of hydrogen-bond donors (Lipinski definition) is 3. The Kier molecular flexibility index (Phi) is 14.0. The molecule has 238 valence electrons. The maximum absolute atomic E-state index is 14.2. The average Bonchev–Trinajstić information content (AvgIpc) is 3.34. The standard InChI is InChI=1S/C31H42N6O3.3ClH/c1-30(2,32)28(39)34-26(18-23-20-33-25-15-10-9-14-24(23)25)27(38)37-17-11-16-31(21-37,29(40)36(5)35(3)4)19-22-12-7-6-8-13-22;;;/h6-10,12-15,20,26,33H,11,16-19,21,32H2,1-5H3,(H,34,39);3*1H/t26?,31-;;;/m1.../s1. The fourth-order valence-electron chi connectivity index (χ4n) is 5.51. The van der Waals surface area contributed by atoms with Crippen molar-refractivity contribution in [3.63, 3.8) is 0 Å². The summed E-state index contributed by atoms with van der Waals surface area (Å²) in [5.74, 6) is -0.638. The molecule has 12 heteroatoms. The van der Waals surface area contributed by atoms with E-state index in [1.807, 2.05) is 74.9 Å². The SMILES string of the molecule is CN(C)N(C)C(=O)[C@@]1(Cc2ccccc2)CCCN(C(=O)C(Cc2c[nH]c3ccccc23)NC(=O)C(C)(C)N)C1.Cl.Cl.Cl. The Balaban J connectivity index is 0.00000308. The van der Waals surface area contributed by atoms with Gasteiger partial charge in [0.25, 0.3) is 0 Å². The van der Waals surface area contributed by atoms with Gasteiger partial charge in [0.2, 0.25) is 17.7 Å². The molecule has 1 aliphatic heterocycles. The molecule has 3 aromatic rings. The molecule has 2 heterocycles. The van der Waals surface area contributed by atoms with Crippen LogP contribution in [-0.4, -0.2) is 83.4 Å². The number of hydrazine groups is 1. The molecule has 2 aromatic carbocycles. The number of fused-ring (bicyclic) bond motifs is 1. The van der Waals surface area contributed by atoms with Crippen molar-refractivity contribution in [2.75, 3.05) is 34.2 Å². The average molecular weight is 656 g/mol. The first-order valence-corrected chi connectivity index (χ1v) is 13.8. The number of carbonyl (C=O) groups is 3. The fraction of sp³-hybridized carbons (Fsp3) is 0.452. The lowest BCUT2D eigenvalue weighted by molar-refractivity contribution is -0.159. The number of rotatable bonds is 9. The molecule has 0 saturated carbocycles. The molecule has 4 rings (SSSR count). The van der Waals surface area contributed by atoms with Gasteiger partial charge in [0.05, 0.1) is 11.0 Å². The Morgan fingerprint density at radius 1 is 1.02 bits per heavy atom. The second-order valence-electron chi connectivity index (χ2n) is 11.8. The van der Waals surface area contributed by atoms with Gasteiger partial charge >= 0.3 is 0 Å². The van der Waals surface area contributed by atoms with Gasteiger partial charge in [-0.1, -0.05) is 48.5 Å². The van der Waals surface area contributed by atoms with E-state index in [1.54, 1.807) is 35.8 Å². The number of para-hydroxylation sites is 1. The first-order chi connectivity index (χ1) is 18.9. The molecule has 0 bridgehead atoms. The van der Waals surface area contributed by atoms with Crippen LogP contribution in [0.15, 0.2) is 60.8 Å². The summed E-state index contributed by atoms with van der Waals surface area (Å²) in [6.07, 6.45) is 4.05. The highest BCUT2D eigenvalue weighted by molar-refractivity contribution is 5.93. The fourth-order valence-corrected chi connectivity index (χ4v) is 5.51. The zero-order chi connectivity index (χ0) is 29.1. The number of piperidine rings is 1. The van der Waals surface area contributed by atoms with E-state index in [2.05, 4.69) is 10.3 Å². The van der Waals surface area contributed by atoms with E-state index in [0.29, 0.717) is 32.2 Å². The normalized spacial score (nSPS) is 17.2. The van der Waals surface area contributed by atoms with E-state index in [1.165, 1.54) is 0 Å². The number of benzene rings is 2. The van der Waals surface area contributed by atoms with Crippen LogP contribution in [0.2, 0.25) is 0 Å². The van der Waals surface area contributed by atoms with E-state index >= 15 is 0 Å². The van der Waals surface area contributed by atoms with Crippen molar-refractivity contribution in [1.29, 1.82) is 0 Å². The topological polar surface area (TPSA) is 115 Å². The predicted molar refractivity (Wildman–Crippen MR) is 179 cm³/mol. The Bertz CT molecular complexity index is 1360. The van der Waals surface area contributed by atoms with Gasteiger partial charge in [0.1, 0.15) is 6.04 Å². The number of halogens is 3. The number of aromatic nitrogens is 1. The van der Waals surface area contributed by atoms with E-state index in [0.717, 1.165) is 22.0 Å². The summed E-state index contributed by atoms with van der Waals surface area (Å²) in [5.41, 5.74) is 7.10. The van der Waals surface area contributed by atoms with Gasteiger partial charge in [-0.05, 0) is 50.3 Å². The van der Waals surface area contributed by atoms with Crippen LogP contribution in [0.25, 0.3) is 10.9 Å². The number of nitrogens with one attached hydrogen (secondary N) is 2. The molecule has 4 N–H and O–H groups in total. The van der Waals surface area contributed by atoms with Crippen LogP contribution in [0.1, 0.15) is 37.8 Å². The molecular formula is C31H45Cl3N6O3. The third-order valence-corrected chi connectivity index (χ3v) is 7.91. The quantitative estimate of drug-likeness (QED) is 0.302. The lowest BCUT2D eigenvalue weighted by Gasteiger charge is -2.45. The monoisotopic (exact) mass is 654 g/mol. The van der Waals surface area contributed by atoms with Crippen LogP contribution >= 0.6 is 37.2 Å². The predicted octanol–water partition coefficient (Wildman–Crippen LogP) is 3.98. The molecule has 1 unspecified atom stereocenters. The zero-order valence-electron chi connectivity index (χ0n) is 25.5. The number of nitrogens with zero attached hydrogens (tertiary/aromatic N) is 3. The molecule has 0 radical (unpaired) electrons. The van der Waals surface area contributed by atoms with Gasteiger partial charge < -0.3 is 20.9 Å². The Hall–Kier alpha value is -2.82. The van der Waals surface area contributed by atoms with Crippen LogP contribution in [0, 0.1) is 5.41 Å². The molecular weight excluding hydrogens is 611 g/mol. The highest BCUT2D eigenvalue weighted by Gasteiger charge is 2.46. The van der Waals surface area contributed by atoms with Gasteiger partial charge in [-0.25, -0.2) is 5.01 Å². The van der Waals surface area contributed by atoms with Crippen molar-refractivity contribution in [3.05, 3.63) is 71.9 Å². The van der Waals surface area contributed by atoms with E-state index in [9.17, 15) is 14.4 Å². The van der Waals surface area contributed by atoms with Gasteiger partial charge in [-0.3, -0.25) is 19.4 Å². The number of nitrogens with two attached hydrogens (primary N) is 1. The van der Waals surface area contributed by atoms with Crippen molar-refractivity contribution >= 4 is 65.8 Å². The summed E-state index contributed by atoms with van der Waals surface area (Å²) in [6.45, 7) is 4.03. The van der Waals surface area contributed by atoms with Crippen molar-refractivity contribution in [1.82, 2.24) is 25.2 Å². The number of likely N-dealkylation sites (tertiary alicyclic amines) is 1. The smallest absolute Gasteiger partial charge is 0.245 e. The Morgan fingerprint density at radius 2 is 1.65 bits per heavy atom.